The predicted molar refractivity (Wildman–Crippen MR) is 115 cm³/mol. The van der Waals surface area contributed by atoms with E-state index < -0.39 is 16.1 Å². The first kappa shape index (κ1) is 19.9. The lowest BCUT2D eigenvalue weighted by molar-refractivity contribution is 0.411. The molecule has 0 aromatic heterocycles. The van der Waals surface area contributed by atoms with Gasteiger partial charge < -0.3 is 4.74 Å². The lowest BCUT2D eigenvalue weighted by Gasteiger charge is -2.22. The number of aryl methyl sites for hydroxylation is 1. The van der Waals surface area contributed by atoms with E-state index in [2.05, 4.69) is 27.3 Å². The number of rotatable bonds is 6. The maximum absolute atomic E-state index is 13.1. The van der Waals surface area contributed by atoms with E-state index in [1.54, 1.807) is 25.3 Å². The zero-order chi connectivity index (χ0) is 19.4. The minimum Gasteiger partial charge on any atom is -0.496 e. The third-order valence-electron chi connectivity index (χ3n) is 4.34. The van der Waals surface area contributed by atoms with Crippen LogP contribution in [0.5, 0.6) is 5.75 Å². The molecule has 0 bridgehead atoms. The van der Waals surface area contributed by atoms with Crippen LogP contribution in [-0.4, -0.2) is 15.5 Å². The van der Waals surface area contributed by atoms with Crippen LogP contribution in [0, 0.1) is 10.5 Å². The summed E-state index contributed by atoms with van der Waals surface area (Å²) in [6, 6.07) is 21.8. The smallest absolute Gasteiger partial charge is 0.241 e. The molecule has 27 heavy (non-hydrogen) atoms. The molecule has 0 spiro atoms. The third-order valence-corrected chi connectivity index (χ3v) is 6.60. The Labute approximate surface area is 173 Å². The second-order valence-corrected chi connectivity index (χ2v) is 8.99. The van der Waals surface area contributed by atoms with Crippen LogP contribution in [0.3, 0.4) is 0 Å². The minimum absolute atomic E-state index is 0.210. The summed E-state index contributed by atoms with van der Waals surface area (Å²) in [5.41, 5.74) is 2.84. The molecule has 0 amide bonds. The number of hydrogen-bond donors (Lipinski definition) is 1. The van der Waals surface area contributed by atoms with Crippen LogP contribution in [0.2, 0.25) is 0 Å². The van der Waals surface area contributed by atoms with Gasteiger partial charge in [-0.3, -0.25) is 0 Å². The van der Waals surface area contributed by atoms with E-state index in [1.807, 2.05) is 61.5 Å². The topological polar surface area (TPSA) is 55.4 Å². The molecule has 3 aromatic rings. The minimum atomic E-state index is -3.73. The highest BCUT2D eigenvalue weighted by Crippen LogP contribution is 2.29. The molecule has 3 rings (SSSR count). The second-order valence-electron chi connectivity index (χ2n) is 6.12. The van der Waals surface area contributed by atoms with Crippen molar-refractivity contribution in [3.63, 3.8) is 0 Å². The largest absolute Gasteiger partial charge is 0.496 e. The molecule has 6 heteroatoms. The average molecular weight is 493 g/mol. The zero-order valence-corrected chi connectivity index (χ0v) is 18.0. The van der Waals surface area contributed by atoms with Gasteiger partial charge in [-0.05, 0) is 64.4 Å². The van der Waals surface area contributed by atoms with Crippen molar-refractivity contribution in [2.24, 2.45) is 0 Å². The van der Waals surface area contributed by atoms with Crippen LogP contribution in [0.1, 0.15) is 22.7 Å². The highest BCUT2D eigenvalue weighted by atomic mass is 127. The highest BCUT2D eigenvalue weighted by Gasteiger charge is 2.24. The van der Waals surface area contributed by atoms with Gasteiger partial charge in [0.1, 0.15) is 5.75 Å². The Kier molecular flexibility index (Phi) is 6.18. The summed E-state index contributed by atoms with van der Waals surface area (Å²) in [5.74, 6) is 0.646. The molecular formula is C21H20INO3S. The molecule has 0 saturated heterocycles. The summed E-state index contributed by atoms with van der Waals surface area (Å²) < 4.78 is 35.0. The molecule has 1 N–H and O–H groups in total. The molecule has 0 aliphatic rings. The molecule has 3 aromatic carbocycles. The van der Waals surface area contributed by atoms with E-state index in [9.17, 15) is 8.42 Å². The van der Waals surface area contributed by atoms with Gasteiger partial charge in [0.2, 0.25) is 10.0 Å². The molecule has 0 fully saturated rings. The molecule has 0 aliphatic heterocycles. The zero-order valence-electron chi connectivity index (χ0n) is 15.0. The number of benzene rings is 3. The predicted octanol–water partition coefficient (Wildman–Crippen LogP) is 4.68. The average Bonchev–Trinajstić information content (AvgIpc) is 2.67. The van der Waals surface area contributed by atoms with Gasteiger partial charge in [0.15, 0.2) is 0 Å². The maximum atomic E-state index is 13.1. The van der Waals surface area contributed by atoms with Gasteiger partial charge in [-0.1, -0.05) is 54.6 Å². The summed E-state index contributed by atoms with van der Waals surface area (Å²) >= 11 is 2.07. The van der Waals surface area contributed by atoms with Crippen LogP contribution in [-0.2, 0) is 10.0 Å². The van der Waals surface area contributed by atoms with E-state index in [0.717, 1.165) is 20.3 Å². The lowest BCUT2D eigenvalue weighted by atomic mass is 9.96. The van der Waals surface area contributed by atoms with E-state index in [1.165, 1.54) is 0 Å². The van der Waals surface area contributed by atoms with Gasteiger partial charge in [0.05, 0.1) is 21.6 Å². The number of hydrogen-bond acceptors (Lipinski definition) is 3. The van der Waals surface area contributed by atoms with Gasteiger partial charge in [-0.25, -0.2) is 8.42 Å². The van der Waals surface area contributed by atoms with Crippen molar-refractivity contribution in [2.45, 2.75) is 17.9 Å². The fourth-order valence-electron chi connectivity index (χ4n) is 2.90. The molecule has 0 aliphatic carbocycles. The van der Waals surface area contributed by atoms with E-state index in [0.29, 0.717) is 5.75 Å². The lowest BCUT2D eigenvalue weighted by Crippen LogP contribution is -2.30. The Hall–Kier alpha value is -1.90. The molecule has 0 saturated carbocycles. The van der Waals surface area contributed by atoms with Crippen molar-refractivity contribution in [1.29, 1.82) is 0 Å². The quantitative estimate of drug-likeness (QED) is 0.508. The number of sulfonamides is 1. The highest BCUT2D eigenvalue weighted by molar-refractivity contribution is 14.1. The van der Waals surface area contributed by atoms with Crippen molar-refractivity contribution < 1.29 is 13.2 Å². The Bertz CT molecular complexity index is 1040. The van der Waals surface area contributed by atoms with Crippen LogP contribution >= 0.6 is 22.6 Å². The molecule has 0 heterocycles. The van der Waals surface area contributed by atoms with Gasteiger partial charge >= 0.3 is 0 Å². The van der Waals surface area contributed by atoms with Crippen LogP contribution in [0.4, 0.5) is 0 Å². The number of methoxy groups -OCH3 is 1. The first-order chi connectivity index (χ1) is 12.9. The second kappa shape index (κ2) is 8.41. The van der Waals surface area contributed by atoms with Crippen molar-refractivity contribution in [3.05, 3.63) is 93.1 Å². The van der Waals surface area contributed by atoms with Crippen LogP contribution in [0.25, 0.3) is 0 Å². The van der Waals surface area contributed by atoms with E-state index in [-0.39, 0.29) is 4.90 Å². The van der Waals surface area contributed by atoms with Crippen molar-refractivity contribution >= 4 is 32.6 Å². The van der Waals surface area contributed by atoms with Gasteiger partial charge in [0.25, 0.3) is 0 Å². The van der Waals surface area contributed by atoms with E-state index >= 15 is 0 Å². The Morgan fingerprint density at radius 2 is 1.63 bits per heavy atom. The molecular weight excluding hydrogens is 473 g/mol. The molecule has 0 radical (unpaired) electrons. The normalized spacial score (nSPS) is 12.6. The molecule has 140 valence electrons. The van der Waals surface area contributed by atoms with Crippen LogP contribution < -0.4 is 9.46 Å². The van der Waals surface area contributed by atoms with Crippen LogP contribution in [0.15, 0.2) is 77.7 Å². The van der Waals surface area contributed by atoms with Gasteiger partial charge in [-0.2, -0.15) is 4.72 Å². The fourth-order valence-corrected chi connectivity index (χ4v) is 5.08. The SMILES string of the molecule is COc1ccc(S(=O)(=O)N[C@@H](c2ccccc2)c2ccccc2C)cc1I. The Balaban J connectivity index is 2.04. The molecule has 4 nitrogen and oxygen atoms in total. The maximum Gasteiger partial charge on any atom is 0.241 e. The summed E-state index contributed by atoms with van der Waals surface area (Å²) in [5, 5.41) is 0. The number of ether oxygens (including phenoxy) is 1. The van der Waals surface area contributed by atoms with E-state index in [4.69, 9.17) is 4.74 Å². The van der Waals surface area contributed by atoms with Crippen molar-refractivity contribution in [1.82, 2.24) is 4.72 Å². The monoisotopic (exact) mass is 493 g/mol. The van der Waals surface area contributed by atoms with Gasteiger partial charge in [-0.15, -0.1) is 0 Å². The van der Waals surface area contributed by atoms with Gasteiger partial charge in [0, 0.05) is 0 Å². The number of halogens is 1. The summed E-state index contributed by atoms with van der Waals surface area (Å²) in [6.45, 7) is 1.98. The molecule has 0 unspecified atom stereocenters. The Morgan fingerprint density at radius 3 is 2.26 bits per heavy atom. The number of nitrogens with one attached hydrogen (secondary N) is 1. The van der Waals surface area contributed by atoms with Crippen molar-refractivity contribution in [2.75, 3.05) is 7.11 Å². The molecule has 1 atom stereocenters. The standard InChI is InChI=1S/C21H20INO3S/c1-15-8-6-7-11-18(15)21(16-9-4-3-5-10-16)23-27(24,25)17-12-13-20(26-2)19(22)14-17/h3-14,21,23H,1-2H3/t21-/m0/s1. The Morgan fingerprint density at radius 1 is 0.963 bits per heavy atom. The first-order valence-electron chi connectivity index (χ1n) is 8.39. The fraction of sp³-hybridized carbons (Fsp3) is 0.143. The summed E-state index contributed by atoms with van der Waals surface area (Å²) in [4.78, 5) is 0.210. The third kappa shape index (κ3) is 4.51. The summed E-state index contributed by atoms with van der Waals surface area (Å²) in [7, 11) is -2.17. The summed E-state index contributed by atoms with van der Waals surface area (Å²) in [6.07, 6.45) is 0. The first-order valence-corrected chi connectivity index (χ1v) is 10.9. The van der Waals surface area contributed by atoms with Crippen molar-refractivity contribution in [3.8, 4) is 5.75 Å².